The third-order valence-corrected chi connectivity index (χ3v) is 3.66. The summed E-state index contributed by atoms with van der Waals surface area (Å²) in [5.74, 6) is -0.730. The van der Waals surface area contributed by atoms with Crippen molar-refractivity contribution in [3.05, 3.63) is 60.0 Å². The molecule has 1 heterocycles. The third-order valence-electron chi connectivity index (χ3n) is 3.66. The van der Waals surface area contributed by atoms with Crippen molar-refractivity contribution in [3.63, 3.8) is 0 Å². The lowest BCUT2D eigenvalue weighted by atomic mass is 10.2. The molecule has 0 aliphatic heterocycles. The van der Waals surface area contributed by atoms with E-state index in [1.807, 2.05) is 6.07 Å². The van der Waals surface area contributed by atoms with Crippen molar-refractivity contribution in [3.8, 4) is 5.75 Å². The van der Waals surface area contributed by atoms with Crippen molar-refractivity contribution in [1.82, 2.24) is 4.98 Å². The van der Waals surface area contributed by atoms with E-state index >= 15 is 0 Å². The second-order valence-electron chi connectivity index (χ2n) is 5.59. The maximum absolute atomic E-state index is 13.7. The fourth-order valence-electron chi connectivity index (χ4n) is 2.44. The molecule has 0 spiro atoms. The van der Waals surface area contributed by atoms with Gasteiger partial charge in [-0.25, -0.2) is 9.37 Å². The number of halogens is 1. The van der Waals surface area contributed by atoms with Crippen LogP contribution in [0, 0.1) is 5.82 Å². The fraction of sp³-hybridized carbons (Fsp3) is 0.105. The zero-order chi connectivity index (χ0) is 18.7. The summed E-state index contributed by atoms with van der Waals surface area (Å²) in [7, 11) is 1.58. The molecule has 0 aliphatic rings. The molecule has 0 aliphatic carbocycles. The van der Waals surface area contributed by atoms with Crippen molar-refractivity contribution in [1.29, 1.82) is 0 Å². The summed E-state index contributed by atoms with van der Waals surface area (Å²) in [6.07, 6.45) is 0. The first-order valence-corrected chi connectivity index (χ1v) is 7.79. The normalized spacial score (nSPS) is 10.4. The summed E-state index contributed by atoms with van der Waals surface area (Å²) in [6.45, 7) is 1.28. The molecule has 0 saturated heterocycles. The Morgan fingerprint density at radius 1 is 1.04 bits per heavy atom. The first-order valence-electron chi connectivity index (χ1n) is 7.79. The number of methoxy groups -OCH3 is 1. The van der Waals surface area contributed by atoms with Crippen LogP contribution in [0.25, 0.3) is 10.9 Å². The van der Waals surface area contributed by atoms with Crippen molar-refractivity contribution < 1.29 is 18.7 Å². The van der Waals surface area contributed by atoms with Gasteiger partial charge in [-0.3, -0.25) is 9.59 Å². The Kier molecular flexibility index (Phi) is 4.79. The number of nitrogens with one attached hydrogen (secondary N) is 2. The number of hydrogen-bond acceptors (Lipinski definition) is 4. The van der Waals surface area contributed by atoms with E-state index in [-0.39, 0.29) is 11.4 Å². The Morgan fingerprint density at radius 2 is 1.85 bits per heavy atom. The Balaban J connectivity index is 1.83. The van der Waals surface area contributed by atoms with E-state index in [1.165, 1.54) is 25.1 Å². The molecule has 1 aromatic heterocycles. The first-order chi connectivity index (χ1) is 12.5. The molecule has 26 heavy (non-hydrogen) atoms. The molecule has 0 atom stereocenters. The number of nitrogens with zero attached hydrogens (tertiary/aromatic N) is 1. The van der Waals surface area contributed by atoms with Gasteiger partial charge in [-0.15, -0.1) is 0 Å². The van der Waals surface area contributed by atoms with Gasteiger partial charge in [0.1, 0.15) is 17.3 Å². The lowest BCUT2D eigenvalue weighted by Crippen LogP contribution is -2.14. The number of amides is 2. The predicted octanol–water partition coefficient (Wildman–Crippen LogP) is 3.59. The van der Waals surface area contributed by atoms with Crippen LogP contribution in [-0.2, 0) is 4.79 Å². The highest BCUT2D eigenvalue weighted by Crippen LogP contribution is 2.22. The van der Waals surface area contributed by atoms with E-state index < -0.39 is 17.6 Å². The van der Waals surface area contributed by atoms with Gasteiger partial charge in [-0.05, 0) is 42.5 Å². The quantitative estimate of drug-likeness (QED) is 0.751. The molecule has 2 aromatic carbocycles. The molecule has 3 rings (SSSR count). The molecule has 0 bridgehead atoms. The largest absolute Gasteiger partial charge is 0.497 e. The Hall–Kier alpha value is -3.48. The van der Waals surface area contributed by atoms with Crippen LogP contribution in [0.3, 0.4) is 0 Å². The van der Waals surface area contributed by atoms with Crippen LogP contribution in [0.4, 0.5) is 15.8 Å². The number of carbonyl (C=O) groups excluding carboxylic acids is 2. The number of hydrogen-bond donors (Lipinski definition) is 2. The Bertz CT molecular complexity index is 1000. The number of fused-ring (bicyclic) bond motifs is 1. The van der Waals surface area contributed by atoms with Crippen LogP contribution in [-0.4, -0.2) is 23.9 Å². The third kappa shape index (κ3) is 3.77. The topological polar surface area (TPSA) is 80.3 Å². The first kappa shape index (κ1) is 17.3. The number of carbonyl (C=O) groups is 2. The van der Waals surface area contributed by atoms with Crippen LogP contribution in [0.1, 0.15) is 17.4 Å². The summed E-state index contributed by atoms with van der Waals surface area (Å²) in [4.78, 5) is 27.9. The summed E-state index contributed by atoms with van der Waals surface area (Å²) in [6, 6.07) is 12.6. The molecule has 0 unspecified atom stereocenters. The summed E-state index contributed by atoms with van der Waals surface area (Å²) < 4.78 is 18.8. The zero-order valence-electron chi connectivity index (χ0n) is 14.2. The van der Waals surface area contributed by atoms with Gasteiger partial charge in [-0.2, -0.15) is 0 Å². The lowest BCUT2D eigenvalue weighted by molar-refractivity contribution is -0.114. The SMILES string of the molecule is COc1ccc2nc(C(=O)Nc3ccc(F)c(NC(C)=O)c3)ccc2c1. The predicted molar refractivity (Wildman–Crippen MR) is 97.0 cm³/mol. The highest BCUT2D eigenvalue weighted by Gasteiger charge is 2.11. The van der Waals surface area contributed by atoms with Gasteiger partial charge < -0.3 is 15.4 Å². The van der Waals surface area contributed by atoms with Gasteiger partial charge in [-0.1, -0.05) is 6.07 Å². The van der Waals surface area contributed by atoms with Crippen LogP contribution < -0.4 is 15.4 Å². The Morgan fingerprint density at radius 3 is 2.58 bits per heavy atom. The van der Waals surface area contributed by atoms with E-state index in [2.05, 4.69) is 15.6 Å². The van der Waals surface area contributed by atoms with Gasteiger partial charge in [0.2, 0.25) is 5.91 Å². The van der Waals surface area contributed by atoms with Crippen LogP contribution in [0.5, 0.6) is 5.75 Å². The van der Waals surface area contributed by atoms with E-state index in [9.17, 15) is 14.0 Å². The number of aromatic nitrogens is 1. The molecule has 7 heteroatoms. The van der Waals surface area contributed by atoms with Crippen molar-refractivity contribution >= 4 is 34.1 Å². The molecule has 2 amide bonds. The highest BCUT2D eigenvalue weighted by molar-refractivity contribution is 6.04. The monoisotopic (exact) mass is 353 g/mol. The summed E-state index contributed by atoms with van der Waals surface area (Å²) in [5.41, 5.74) is 1.20. The van der Waals surface area contributed by atoms with Gasteiger partial charge in [0.15, 0.2) is 0 Å². The van der Waals surface area contributed by atoms with E-state index in [1.54, 1.807) is 31.4 Å². The molecule has 6 nitrogen and oxygen atoms in total. The summed E-state index contributed by atoms with van der Waals surface area (Å²) in [5, 5.41) is 5.85. The molecule has 132 valence electrons. The smallest absolute Gasteiger partial charge is 0.274 e. The minimum absolute atomic E-state index is 0.00568. The van der Waals surface area contributed by atoms with Gasteiger partial charge in [0, 0.05) is 18.0 Å². The van der Waals surface area contributed by atoms with Crippen LogP contribution in [0.15, 0.2) is 48.5 Å². The van der Waals surface area contributed by atoms with Crippen LogP contribution >= 0.6 is 0 Å². The van der Waals surface area contributed by atoms with Crippen molar-refractivity contribution in [2.45, 2.75) is 6.92 Å². The fourth-order valence-corrected chi connectivity index (χ4v) is 2.44. The summed E-state index contributed by atoms with van der Waals surface area (Å²) >= 11 is 0. The van der Waals surface area contributed by atoms with E-state index in [0.717, 1.165) is 5.39 Å². The molecular weight excluding hydrogens is 337 g/mol. The van der Waals surface area contributed by atoms with Crippen LogP contribution in [0.2, 0.25) is 0 Å². The second-order valence-corrected chi connectivity index (χ2v) is 5.59. The zero-order valence-corrected chi connectivity index (χ0v) is 14.2. The maximum Gasteiger partial charge on any atom is 0.274 e. The van der Waals surface area contributed by atoms with Crippen molar-refractivity contribution in [2.75, 3.05) is 17.7 Å². The standard InChI is InChI=1S/C19H16FN3O3/c1-11(24)21-18-10-13(4-6-15(18)20)22-19(25)17-7-3-12-9-14(26-2)5-8-16(12)23-17/h3-10H,1-2H3,(H,21,24)(H,22,25). The van der Waals surface area contributed by atoms with Crippen molar-refractivity contribution in [2.24, 2.45) is 0 Å². The average Bonchev–Trinajstić information content (AvgIpc) is 2.63. The van der Waals surface area contributed by atoms with E-state index in [4.69, 9.17) is 4.74 Å². The van der Waals surface area contributed by atoms with Gasteiger partial charge in [0.05, 0.1) is 18.3 Å². The molecule has 2 N–H and O–H groups in total. The highest BCUT2D eigenvalue weighted by atomic mass is 19.1. The number of rotatable bonds is 4. The molecule has 0 saturated carbocycles. The number of pyridine rings is 1. The van der Waals surface area contributed by atoms with Gasteiger partial charge in [0.25, 0.3) is 5.91 Å². The molecule has 0 fully saturated rings. The molecule has 0 radical (unpaired) electrons. The number of anilines is 2. The maximum atomic E-state index is 13.7. The van der Waals surface area contributed by atoms with Gasteiger partial charge >= 0.3 is 0 Å². The number of benzene rings is 2. The Labute approximate surface area is 149 Å². The minimum atomic E-state index is -0.587. The molecular formula is C19H16FN3O3. The minimum Gasteiger partial charge on any atom is -0.497 e. The second kappa shape index (κ2) is 7.18. The number of ether oxygens (including phenoxy) is 1. The van der Waals surface area contributed by atoms with E-state index in [0.29, 0.717) is 17.0 Å². The molecule has 3 aromatic rings. The lowest BCUT2D eigenvalue weighted by Gasteiger charge is -2.09. The average molecular weight is 353 g/mol.